The van der Waals surface area contributed by atoms with Crippen LogP contribution < -0.4 is 15.4 Å². The molecule has 0 amide bonds. The molecule has 3 rings (SSSR count). The summed E-state index contributed by atoms with van der Waals surface area (Å²) in [4.78, 5) is 13.4. The van der Waals surface area contributed by atoms with E-state index < -0.39 is 7.05 Å². The smallest absolute Gasteiger partial charge is 0.374 e. The summed E-state index contributed by atoms with van der Waals surface area (Å²) in [5.41, 5.74) is 2.06. The minimum Gasteiger partial charge on any atom is -0.497 e. The van der Waals surface area contributed by atoms with Crippen LogP contribution in [0.25, 0.3) is 11.0 Å². The fourth-order valence-electron chi connectivity index (χ4n) is 3.41. The van der Waals surface area contributed by atoms with E-state index in [1.807, 2.05) is 44.2 Å². The fourth-order valence-corrected chi connectivity index (χ4v) is 3.41. The summed E-state index contributed by atoms with van der Waals surface area (Å²) in [6.45, 7) is 5.72. The third kappa shape index (κ3) is 4.29. The van der Waals surface area contributed by atoms with Gasteiger partial charge in [-0.15, -0.1) is 0 Å². The van der Waals surface area contributed by atoms with Crippen molar-refractivity contribution in [1.29, 1.82) is 0 Å². The van der Waals surface area contributed by atoms with E-state index in [0.29, 0.717) is 34.5 Å². The van der Waals surface area contributed by atoms with Gasteiger partial charge in [0.05, 0.1) is 18.5 Å². The van der Waals surface area contributed by atoms with Crippen LogP contribution in [0, 0.1) is 5.92 Å². The van der Waals surface area contributed by atoms with Crippen molar-refractivity contribution in [1.82, 2.24) is 5.23 Å². The molecule has 3 aromatic rings. The van der Waals surface area contributed by atoms with Gasteiger partial charge < -0.3 is 19.4 Å². The van der Waals surface area contributed by atoms with Crippen molar-refractivity contribution in [2.75, 3.05) is 7.11 Å². The average Bonchev–Trinajstić information content (AvgIpc) is 2.68. The van der Waals surface area contributed by atoms with Crippen LogP contribution in [-0.2, 0) is 6.42 Å². The summed E-state index contributed by atoms with van der Waals surface area (Å²) in [6.07, 6.45) is 0.463. The second kappa shape index (κ2) is 8.63. The molecular weight excluding hydrogens is 353 g/mol. The molecule has 5 nitrogen and oxygen atoms in total. The molecule has 0 fully saturated rings. The van der Waals surface area contributed by atoms with E-state index in [4.69, 9.17) is 9.15 Å². The Labute approximate surface area is 165 Å². The molecule has 28 heavy (non-hydrogen) atoms. The molecule has 1 aromatic heterocycles. The van der Waals surface area contributed by atoms with Gasteiger partial charge in [-0.2, -0.15) is 0 Å². The number of fused-ring (bicyclic) bond motifs is 1. The largest absolute Gasteiger partial charge is 0.497 e. The van der Waals surface area contributed by atoms with Crippen molar-refractivity contribution in [3.63, 3.8) is 0 Å². The Kier molecular flexibility index (Phi) is 6.22. The summed E-state index contributed by atoms with van der Waals surface area (Å²) in [5.74, 6) is 1.29. The van der Waals surface area contributed by atoms with E-state index in [-0.39, 0.29) is 17.4 Å². The standard InChI is InChI=1S/C22H26BNO4/c1-14(2)20(24-23(3)26)22-18(12-15-8-6-5-7-9-15)21(25)17-11-10-16(27-4)13-19(17)28-22/h5-11,13-14,20,24,26H,12H2,1-4H3/t20-/m1/s1. The van der Waals surface area contributed by atoms with Gasteiger partial charge in [-0.3, -0.25) is 4.79 Å². The molecule has 6 heteroatoms. The molecule has 0 saturated carbocycles. The molecule has 2 N–H and O–H groups in total. The van der Waals surface area contributed by atoms with Crippen LogP contribution in [0.4, 0.5) is 0 Å². The molecule has 1 atom stereocenters. The summed E-state index contributed by atoms with van der Waals surface area (Å²) < 4.78 is 11.5. The van der Waals surface area contributed by atoms with Gasteiger partial charge in [0.25, 0.3) is 0 Å². The van der Waals surface area contributed by atoms with Crippen molar-refractivity contribution in [2.45, 2.75) is 33.1 Å². The Bertz CT molecular complexity index is 999. The Morgan fingerprint density at radius 1 is 1.18 bits per heavy atom. The Balaban J connectivity index is 2.24. The fraction of sp³-hybridized carbons (Fsp3) is 0.318. The number of rotatable bonds is 7. The molecule has 0 aliphatic rings. The van der Waals surface area contributed by atoms with Gasteiger partial charge in [-0.25, -0.2) is 0 Å². The molecule has 0 bridgehead atoms. The third-order valence-corrected chi connectivity index (χ3v) is 4.82. The minimum atomic E-state index is -0.733. The van der Waals surface area contributed by atoms with Crippen molar-refractivity contribution >= 4 is 18.0 Å². The number of hydrogen-bond acceptors (Lipinski definition) is 5. The zero-order valence-electron chi connectivity index (χ0n) is 16.7. The quantitative estimate of drug-likeness (QED) is 0.612. The topological polar surface area (TPSA) is 71.7 Å². The predicted molar refractivity (Wildman–Crippen MR) is 113 cm³/mol. The van der Waals surface area contributed by atoms with Gasteiger partial charge in [-0.1, -0.05) is 44.2 Å². The van der Waals surface area contributed by atoms with E-state index >= 15 is 0 Å². The molecule has 0 radical (unpaired) electrons. The highest BCUT2D eigenvalue weighted by Crippen LogP contribution is 2.29. The zero-order valence-corrected chi connectivity index (χ0v) is 16.7. The van der Waals surface area contributed by atoms with Crippen molar-refractivity contribution in [3.05, 3.63) is 75.6 Å². The Morgan fingerprint density at radius 3 is 2.50 bits per heavy atom. The highest BCUT2D eigenvalue weighted by atomic mass is 16.5. The molecule has 0 unspecified atom stereocenters. The maximum Gasteiger partial charge on any atom is 0.374 e. The van der Waals surface area contributed by atoms with Gasteiger partial charge in [0.2, 0.25) is 0 Å². The van der Waals surface area contributed by atoms with Gasteiger partial charge in [-0.05, 0) is 30.4 Å². The molecule has 0 aliphatic heterocycles. The first-order chi connectivity index (χ1) is 13.4. The first-order valence-corrected chi connectivity index (χ1v) is 9.52. The second-order valence-corrected chi connectivity index (χ2v) is 7.36. The normalized spacial score (nSPS) is 12.4. The lowest BCUT2D eigenvalue weighted by molar-refractivity contribution is 0.366. The Hall–Kier alpha value is -2.57. The van der Waals surface area contributed by atoms with E-state index in [1.165, 1.54) is 0 Å². The monoisotopic (exact) mass is 379 g/mol. The van der Waals surface area contributed by atoms with E-state index in [0.717, 1.165) is 5.56 Å². The lowest BCUT2D eigenvalue weighted by Gasteiger charge is -2.24. The third-order valence-electron chi connectivity index (χ3n) is 4.82. The molecular formula is C22H26BNO4. The van der Waals surface area contributed by atoms with Crippen LogP contribution in [-0.4, -0.2) is 19.2 Å². The van der Waals surface area contributed by atoms with Crippen molar-refractivity contribution in [2.24, 2.45) is 5.92 Å². The number of nitrogens with one attached hydrogen (secondary N) is 1. The van der Waals surface area contributed by atoms with Crippen molar-refractivity contribution < 1.29 is 14.2 Å². The zero-order chi connectivity index (χ0) is 20.3. The summed E-state index contributed by atoms with van der Waals surface area (Å²) in [5, 5.41) is 13.6. The van der Waals surface area contributed by atoms with Crippen molar-refractivity contribution in [3.8, 4) is 5.75 Å². The summed E-state index contributed by atoms with van der Waals surface area (Å²) in [7, 11) is 0.846. The lowest BCUT2D eigenvalue weighted by Crippen LogP contribution is -2.38. The SMILES string of the molecule is COc1ccc2c(=O)c(Cc3ccccc3)c([C@H](NB(C)O)C(C)C)oc2c1. The maximum atomic E-state index is 13.4. The van der Waals surface area contributed by atoms with E-state index in [1.54, 1.807) is 32.1 Å². The molecule has 1 heterocycles. The minimum absolute atomic E-state index is 0.0548. The number of methoxy groups -OCH3 is 1. The van der Waals surface area contributed by atoms with Crippen LogP contribution in [0.3, 0.4) is 0 Å². The predicted octanol–water partition coefficient (Wildman–Crippen LogP) is 3.79. The molecule has 146 valence electrons. The highest BCUT2D eigenvalue weighted by molar-refractivity contribution is 6.45. The summed E-state index contributed by atoms with van der Waals surface area (Å²) >= 11 is 0. The first kappa shape index (κ1) is 20.2. The number of ether oxygens (including phenoxy) is 1. The van der Waals surface area contributed by atoms with Crippen LogP contribution in [0.15, 0.2) is 57.7 Å². The van der Waals surface area contributed by atoms with Gasteiger partial charge in [0, 0.05) is 18.1 Å². The van der Waals surface area contributed by atoms with Crippen LogP contribution in [0.5, 0.6) is 5.75 Å². The molecule has 0 aliphatic carbocycles. The highest BCUT2D eigenvalue weighted by Gasteiger charge is 2.27. The van der Waals surface area contributed by atoms with Crippen LogP contribution in [0.2, 0.25) is 6.82 Å². The number of hydrogen-bond donors (Lipinski definition) is 2. The Morgan fingerprint density at radius 2 is 1.89 bits per heavy atom. The number of benzene rings is 2. The van der Waals surface area contributed by atoms with Gasteiger partial charge >= 0.3 is 7.05 Å². The van der Waals surface area contributed by atoms with Gasteiger partial charge in [0.15, 0.2) is 5.43 Å². The van der Waals surface area contributed by atoms with E-state index in [9.17, 15) is 9.82 Å². The lowest BCUT2D eigenvalue weighted by atomic mass is 9.83. The second-order valence-electron chi connectivity index (χ2n) is 7.36. The average molecular weight is 379 g/mol. The van der Waals surface area contributed by atoms with Crippen LogP contribution in [0.1, 0.15) is 36.8 Å². The molecule has 0 saturated heterocycles. The molecule has 0 spiro atoms. The van der Waals surface area contributed by atoms with Crippen LogP contribution >= 0.6 is 0 Å². The summed E-state index contributed by atoms with van der Waals surface area (Å²) in [6, 6.07) is 14.8. The van der Waals surface area contributed by atoms with E-state index in [2.05, 4.69) is 5.23 Å². The first-order valence-electron chi connectivity index (χ1n) is 9.52. The maximum absolute atomic E-state index is 13.4. The van der Waals surface area contributed by atoms with Gasteiger partial charge in [0.1, 0.15) is 17.1 Å². The molecule has 2 aromatic carbocycles.